The number of H-pyrrole nitrogens is 1. The van der Waals surface area contributed by atoms with Gasteiger partial charge in [0.25, 0.3) is 0 Å². The number of nitrogens with zero attached hydrogens (tertiary/aromatic N) is 4. The SMILES string of the molecule is CCn1ccnc1CN1CCc2[nH]cnc2C1c1ccc(OC)c(F)c1F. The van der Waals surface area contributed by atoms with Gasteiger partial charge in [0.15, 0.2) is 11.6 Å². The lowest BCUT2D eigenvalue weighted by Gasteiger charge is -2.35. The van der Waals surface area contributed by atoms with E-state index in [1.807, 2.05) is 17.7 Å². The predicted octanol–water partition coefficient (Wildman–Crippen LogP) is 3.06. The van der Waals surface area contributed by atoms with Crippen LogP contribution in [0.4, 0.5) is 8.78 Å². The molecular weight excluding hydrogens is 352 g/mol. The molecule has 2 aromatic heterocycles. The molecule has 3 heterocycles. The van der Waals surface area contributed by atoms with Gasteiger partial charge in [-0.25, -0.2) is 14.4 Å². The van der Waals surface area contributed by atoms with Crippen LogP contribution < -0.4 is 4.74 Å². The molecule has 27 heavy (non-hydrogen) atoms. The second kappa shape index (κ2) is 7.11. The molecule has 1 aromatic carbocycles. The van der Waals surface area contributed by atoms with E-state index in [-0.39, 0.29) is 11.3 Å². The number of ether oxygens (including phenoxy) is 1. The largest absolute Gasteiger partial charge is 0.494 e. The average Bonchev–Trinajstić information content (AvgIpc) is 3.33. The molecule has 0 saturated carbocycles. The molecule has 3 aromatic rings. The zero-order valence-corrected chi connectivity index (χ0v) is 15.2. The number of aryl methyl sites for hydroxylation is 1. The van der Waals surface area contributed by atoms with Crippen LogP contribution in [0.15, 0.2) is 30.9 Å². The molecule has 6 nitrogen and oxygen atoms in total. The normalized spacial score (nSPS) is 17.1. The Balaban J connectivity index is 1.77. The van der Waals surface area contributed by atoms with Crippen LogP contribution in [0.2, 0.25) is 0 Å². The molecule has 0 saturated heterocycles. The van der Waals surface area contributed by atoms with E-state index in [4.69, 9.17) is 4.74 Å². The molecule has 0 bridgehead atoms. The van der Waals surface area contributed by atoms with E-state index < -0.39 is 17.7 Å². The minimum Gasteiger partial charge on any atom is -0.494 e. The smallest absolute Gasteiger partial charge is 0.200 e. The summed E-state index contributed by atoms with van der Waals surface area (Å²) in [7, 11) is 1.32. The zero-order chi connectivity index (χ0) is 19.0. The third-order valence-electron chi connectivity index (χ3n) is 5.10. The predicted molar refractivity (Wildman–Crippen MR) is 95.4 cm³/mol. The van der Waals surface area contributed by atoms with Gasteiger partial charge in [0, 0.05) is 43.2 Å². The lowest BCUT2D eigenvalue weighted by molar-refractivity contribution is 0.188. The van der Waals surface area contributed by atoms with E-state index in [2.05, 4.69) is 19.9 Å². The maximum Gasteiger partial charge on any atom is 0.200 e. The van der Waals surface area contributed by atoms with Gasteiger partial charge in [-0.2, -0.15) is 4.39 Å². The van der Waals surface area contributed by atoms with Gasteiger partial charge in [-0.3, -0.25) is 4.90 Å². The number of hydrogen-bond acceptors (Lipinski definition) is 4. The van der Waals surface area contributed by atoms with E-state index >= 15 is 0 Å². The van der Waals surface area contributed by atoms with Gasteiger partial charge >= 0.3 is 0 Å². The van der Waals surface area contributed by atoms with E-state index in [0.29, 0.717) is 13.1 Å². The summed E-state index contributed by atoms with van der Waals surface area (Å²) in [5.74, 6) is -1.11. The van der Waals surface area contributed by atoms with Gasteiger partial charge in [-0.15, -0.1) is 0 Å². The molecule has 1 unspecified atom stereocenters. The van der Waals surface area contributed by atoms with Crippen molar-refractivity contribution in [3.8, 4) is 5.75 Å². The fraction of sp³-hybridized carbons (Fsp3) is 0.368. The van der Waals surface area contributed by atoms with Gasteiger partial charge in [0.2, 0.25) is 5.82 Å². The summed E-state index contributed by atoms with van der Waals surface area (Å²) in [5.41, 5.74) is 1.92. The molecule has 1 atom stereocenters. The standard InChI is InChI=1S/C19H21F2N5O/c1-3-25-9-7-22-15(25)10-26-8-6-13-18(24-11-23-13)19(26)12-4-5-14(27-2)17(21)16(12)20/h4-5,7,9,11,19H,3,6,8,10H2,1-2H3,(H,23,24). The summed E-state index contributed by atoms with van der Waals surface area (Å²) in [4.78, 5) is 14.0. The molecule has 0 amide bonds. The number of imidazole rings is 2. The first-order chi connectivity index (χ1) is 13.1. The van der Waals surface area contributed by atoms with Crippen LogP contribution in [0, 0.1) is 11.6 Å². The summed E-state index contributed by atoms with van der Waals surface area (Å²) in [6.45, 7) is 4.05. The van der Waals surface area contributed by atoms with Crippen LogP contribution >= 0.6 is 0 Å². The summed E-state index contributed by atoms with van der Waals surface area (Å²) in [5, 5.41) is 0. The van der Waals surface area contributed by atoms with Crippen LogP contribution in [0.25, 0.3) is 0 Å². The van der Waals surface area contributed by atoms with Gasteiger partial charge in [-0.05, 0) is 13.0 Å². The van der Waals surface area contributed by atoms with Crippen LogP contribution in [-0.4, -0.2) is 38.1 Å². The fourth-order valence-corrected chi connectivity index (χ4v) is 3.72. The molecule has 4 rings (SSSR count). The van der Waals surface area contributed by atoms with Crippen molar-refractivity contribution in [1.82, 2.24) is 24.4 Å². The van der Waals surface area contributed by atoms with Crippen LogP contribution in [0.5, 0.6) is 5.75 Å². The van der Waals surface area contributed by atoms with Crippen molar-refractivity contribution in [2.45, 2.75) is 32.5 Å². The molecule has 1 aliphatic rings. The highest BCUT2D eigenvalue weighted by molar-refractivity contribution is 5.38. The number of hydrogen-bond donors (Lipinski definition) is 1. The van der Waals surface area contributed by atoms with Gasteiger partial charge in [-0.1, -0.05) is 6.07 Å². The summed E-state index contributed by atoms with van der Waals surface area (Å²) in [6.07, 6.45) is 6.04. The van der Waals surface area contributed by atoms with E-state index in [1.165, 1.54) is 13.2 Å². The molecule has 1 aliphatic heterocycles. The van der Waals surface area contributed by atoms with Crippen molar-refractivity contribution in [2.75, 3.05) is 13.7 Å². The maximum absolute atomic E-state index is 14.9. The Morgan fingerprint density at radius 1 is 1.26 bits per heavy atom. The van der Waals surface area contributed by atoms with Gasteiger partial charge in [0.05, 0.1) is 31.7 Å². The third-order valence-corrected chi connectivity index (χ3v) is 5.10. The first-order valence-electron chi connectivity index (χ1n) is 8.92. The number of fused-ring (bicyclic) bond motifs is 1. The lowest BCUT2D eigenvalue weighted by atomic mass is 9.95. The van der Waals surface area contributed by atoms with E-state index in [9.17, 15) is 8.78 Å². The summed E-state index contributed by atoms with van der Waals surface area (Å²) < 4.78 is 36.2. The Labute approximate surface area is 155 Å². The lowest BCUT2D eigenvalue weighted by Crippen LogP contribution is -2.37. The number of aromatic nitrogens is 4. The third kappa shape index (κ3) is 2.99. The molecule has 0 aliphatic carbocycles. The quantitative estimate of drug-likeness (QED) is 0.747. The minimum atomic E-state index is -0.979. The summed E-state index contributed by atoms with van der Waals surface area (Å²) >= 11 is 0. The molecule has 0 spiro atoms. The van der Waals surface area contributed by atoms with E-state index in [0.717, 1.165) is 30.2 Å². The molecule has 0 radical (unpaired) electrons. The molecule has 1 N–H and O–H groups in total. The second-order valence-electron chi connectivity index (χ2n) is 6.50. The van der Waals surface area contributed by atoms with Crippen molar-refractivity contribution in [3.05, 3.63) is 65.3 Å². The van der Waals surface area contributed by atoms with Crippen LogP contribution in [0.1, 0.15) is 35.7 Å². The Hall–Kier alpha value is -2.74. The Morgan fingerprint density at radius 3 is 2.89 bits per heavy atom. The van der Waals surface area contributed by atoms with Crippen molar-refractivity contribution in [2.24, 2.45) is 0 Å². The van der Waals surface area contributed by atoms with Crippen molar-refractivity contribution in [1.29, 1.82) is 0 Å². The number of aromatic amines is 1. The Kier molecular flexibility index (Phi) is 4.65. The number of benzene rings is 1. The maximum atomic E-state index is 14.9. The summed E-state index contributed by atoms with van der Waals surface area (Å²) in [6, 6.07) is 2.53. The van der Waals surface area contributed by atoms with Crippen LogP contribution in [0.3, 0.4) is 0 Å². The zero-order valence-electron chi connectivity index (χ0n) is 15.2. The number of methoxy groups -OCH3 is 1. The molecular formula is C19H21F2N5O. The Morgan fingerprint density at radius 2 is 2.11 bits per heavy atom. The first-order valence-corrected chi connectivity index (χ1v) is 8.92. The van der Waals surface area contributed by atoms with E-state index in [1.54, 1.807) is 18.6 Å². The minimum absolute atomic E-state index is 0.109. The Bertz CT molecular complexity index is 951. The number of nitrogens with one attached hydrogen (secondary N) is 1. The van der Waals surface area contributed by atoms with Crippen LogP contribution in [-0.2, 0) is 19.5 Å². The van der Waals surface area contributed by atoms with Gasteiger partial charge in [0.1, 0.15) is 5.82 Å². The number of rotatable bonds is 5. The molecule has 8 heteroatoms. The average molecular weight is 373 g/mol. The second-order valence-corrected chi connectivity index (χ2v) is 6.50. The van der Waals surface area contributed by atoms with Gasteiger partial charge < -0.3 is 14.3 Å². The molecule has 142 valence electrons. The van der Waals surface area contributed by atoms with Crippen molar-refractivity contribution in [3.63, 3.8) is 0 Å². The topological polar surface area (TPSA) is 59.0 Å². The molecule has 0 fully saturated rings. The number of halogens is 2. The fourth-order valence-electron chi connectivity index (χ4n) is 3.72. The van der Waals surface area contributed by atoms with Crippen molar-refractivity contribution < 1.29 is 13.5 Å². The highest BCUT2D eigenvalue weighted by Gasteiger charge is 2.34. The highest BCUT2D eigenvalue weighted by atomic mass is 19.2. The first kappa shape index (κ1) is 17.7. The monoisotopic (exact) mass is 373 g/mol. The highest BCUT2D eigenvalue weighted by Crippen LogP contribution is 2.37. The van der Waals surface area contributed by atoms with Crippen molar-refractivity contribution >= 4 is 0 Å².